The third-order valence-electron chi connectivity index (χ3n) is 5.63. The van der Waals surface area contributed by atoms with Crippen LogP contribution in [0.1, 0.15) is 19.3 Å². The van der Waals surface area contributed by atoms with Crippen LogP contribution in [0.3, 0.4) is 0 Å². The molecule has 0 radical (unpaired) electrons. The van der Waals surface area contributed by atoms with Crippen LogP contribution in [0, 0.1) is 5.82 Å². The Labute approximate surface area is 207 Å². The topological polar surface area (TPSA) is 104 Å². The second kappa shape index (κ2) is 11.3. The van der Waals surface area contributed by atoms with Crippen molar-refractivity contribution in [3.63, 3.8) is 0 Å². The molecule has 10 heteroatoms. The number of rotatable bonds is 7. The third kappa shape index (κ3) is 6.35. The second-order valence-corrected chi connectivity index (χ2v) is 8.26. The zero-order chi connectivity index (χ0) is 25.5. The fourth-order valence-corrected chi connectivity index (χ4v) is 3.70. The van der Waals surface area contributed by atoms with Gasteiger partial charge in [0.05, 0.1) is 0 Å². The van der Waals surface area contributed by atoms with Gasteiger partial charge in [0.1, 0.15) is 18.0 Å². The van der Waals surface area contributed by atoms with Crippen LogP contribution in [0.25, 0.3) is 0 Å². The average Bonchev–Trinajstić information content (AvgIpc) is 3.41. The van der Waals surface area contributed by atoms with Crippen molar-refractivity contribution in [3.05, 3.63) is 72.7 Å². The maximum absolute atomic E-state index is 14.7. The Balaban J connectivity index is 1.33. The first-order valence-corrected chi connectivity index (χ1v) is 11.5. The number of carbonyl (C=O) groups excluding carboxylic acids is 3. The number of likely N-dealkylation sites (tertiary alicyclic amines) is 1. The summed E-state index contributed by atoms with van der Waals surface area (Å²) in [5.41, 5.74) is 0.853. The van der Waals surface area contributed by atoms with E-state index in [2.05, 4.69) is 15.6 Å². The molecule has 0 spiro atoms. The SMILES string of the molecule is CN(C(=O)CC(=O)Nc1ccc(Oc2ccnc(NC(=O)N3CCCC3)c2)c(F)c1)c1ccccc1. The Bertz CT molecular complexity index is 1250. The van der Waals surface area contributed by atoms with Gasteiger partial charge in [-0.25, -0.2) is 14.2 Å². The molecule has 2 N–H and O–H groups in total. The van der Waals surface area contributed by atoms with Crippen molar-refractivity contribution in [2.24, 2.45) is 0 Å². The first-order chi connectivity index (χ1) is 17.4. The van der Waals surface area contributed by atoms with Crippen LogP contribution < -0.4 is 20.3 Å². The van der Waals surface area contributed by atoms with Crippen molar-refractivity contribution in [1.82, 2.24) is 9.88 Å². The second-order valence-electron chi connectivity index (χ2n) is 8.26. The summed E-state index contributed by atoms with van der Waals surface area (Å²) in [6.07, 6.45) is 3.00. The maximum atomic E-state index is 14.7. The lowest BCUT2D eigenvalue weighted by molar-refractivity contribution is -0.125. The van der Waals surface area contributed by atoms with Gasteiger partial charge in [0.25, 0.3) is 0 Å². The number of nitrogens with one attached hydrogen (secondary N) is 2. The predicted octanol–water partition coefficient (Wildman–Crippen LogP) is 4.63. The highest BCUT2D eigenvalue weighted by Gasteiger charge is 2.19. The molecule has 1 saturated heterocycles. The van der Waals surface area contributed by atoms with E-state index >= 15 is 0 Å². The molecule has 1 aliphatic rings. The number of benzene rings is 2. The molecule has 2 heterocycles. The summed E-state index contributed by atoms with van der Waals surface area (Å²) in [7, 11) is 1.58. The third-order valence-corrected chi connectivity index (χ3v) is 5.63. The minimum absolute atomic E-state index is 0.0732. The predicted molar refractivity (Wildman–Crippen MR) is 134 cm³/mol. The number of aromatic nitrogens is 1. The van der Waals surface area contributed by atoms with Gasteiger partial charge in [0.2, 0.25) is 11.8 Å². The van der Waals surface area contributed by atoms with Crippen LogP contribution in [-0.4, -0.2) is 47.9 Å². The zero-order valence-electron chi connectivity index (χ0n) is 19.7. The van der Waals surface area contributed by atoms with Gasteiger partial charge >= 0.3 is 6.03 Å². The van der Waals surface area contributed by atoms with E-state index in [0.29, 0.717) is 24.6 Å². The van der Waals surface area contributed by atoms with Crippen molar-refractivity contribution >= 4 is 35.0 Å². The quantitative estimate of drug-likeness (QED) is 0.469. The van der Waals surface area contributed by atoms with E-state index in [1.807, 2.05) is 6.07 Å². The molecule has 2 aromatic carbocycles. The summed E-state index contributed by atoms with van der Waals surface area (Å²) < 4.78 is 20.3. The Hall–Kier alpha value is -4.47. The van der Waals surface area contributed by atoms with E-state index in [0.717, 1.165) is 18.9 Å². The highest BCUT2D eigenvalue weighted by Crippen LogP contribution is 2.28. The number of ether oxygens (including phenoxy) is 1. The van der Waals surface area contributed by atoms with E-state index in [9.17, 15) is 18.8 Å². The molecule has 36 heavy (non-hydrogen) atoms. The Morgan fingerprint density at radius 1 is 1.03 bits per heavy atom. The summed E-state index contributed by atoms with van der Waals surface area (Å²) >= 11 is 0. The number of hydrogen-bond acceptors (Lipinski definition) is 5. The molecule has 1 aromatic heterocycles. The number of amides is 4. The van der Waals surface area contributed by atoms with Crippen LogP contribution in [0.2, 0.25) is 0 Å². The van der Waals surface area contributed by atoms with E-state index in [4.69, 9.17) is 4.74 Å². The first-order valence-electron chi connectivity index (χ1n) is 11.5. The lowest BCUT2D eigenvalue weighted by Gasteiger charge is -2.17. The largest absolute Gasteiger partial charge is 0.454 e. The van der Waals surface area contributed by atoms with Crippen molar-refractivity contribution in [2.45, 2.75) is 19.3 Å². The molecule has 186 valence electrons. The first kappa shape index (κ1) is 24.6. The summed E-state index contributed by atoms with van der Waals surface area (Å²) in [5, 5.41) is 5.24. The maximum Gasteiger partial charge on any atom is 0.323 e. The van der Waals surface area contributed by atoms with E-state index in [-0.39, 0.29) is 23.2 Å². The normalized spacial score (nSPS) is 12.7. The summed E-state index contributed by atoms with van der Waals surface area (Å²) in [6.45, 7) is 1.40. The molecule has 0 atom stereocenters. The monoisotopic (exact) mass is 491 g/mol. The van der Waals surface area contributed by atoms with E-state index < -0.39 is 24.1 Å². The lowest BCUT2D eigenvalue weighted by Crippen LogP contribution is -2.32. The zero-order valence-corrected chi connectivity index (χ0v) is 19.7. The van der Waals surface area contributed by atoms with Crippen molar-refractivity contribution in [3.8, 4) is 11.5 Å². The molecule has 4 amide bonds. The van der Waals surface area contributed by atoms with Gasteiger partial charge in [-0.3, -0.25) is 14.9 Å². The van der Waals surface area contributed by atoms with E-state index in [1.165, 1.54) is 35.4 Å². The highest BCUT2D eigenvalue weighted by atomic mass is 19.1. The summed E-state index contributed by atoms with van der Waals surface area (Å²) in [6, 6.07) is 15.7. The molecule has 0 bridgehead atoms. The number of carbonyl (C=O) groups is 3. The number of nitrogens with zero attached hydrogens (tertiary/aromatic N) is 3. The van der Waals surface area contributed by atoms with Gasteiger partial charge in [0, 0.05) is 49.8 Å². The van der Waals surface area contributed by atoms with Crippen LogP contribution >= 0.6 is 0 Å². The van der Waals surface area contributed by atoms with Crippen molar-refractivity contribution in [2.75, 3.05) is 35.7 Å². The van der Waals surface area contributed by atoms with Crippen molar-refractivity contribution < 1.29 is 23.5 Å². The van der Waals surface area contributed by atoms with Gasteiger partial charge in [-0.15, -0.1) is 0 Å². The fourth-order valence-electron chi connectivity index (χ4n) is 3.70. The summed E-state index contributed by atoms with van der Waals surface area (Å²) in [4.78, 5) is 44.1. The molecular formula is C26H26FN5O4. The van der Waals surface area contributed by atoms with Gasteiger partial charge in [0.15, 0.2) is 11.6 Å². The number of anilines is 3. The van der Waals surface area contributed by atoms with Crippen LogP contribution in [0.4, 0.5) is 26.4 Å². The van der Waals surface area contributed by atoms with Crippen molar-refractivity contribution in [1.29, 1.82) is 0 Å². The standard InChI is InChI=1S/C26H26FN5O4/c1-31(19-7-3-2-4-8-19)25(34)17-24(33)29-18-9-10-22(21(27)15-18)36-20-11-12-28-23(16-20)30-26(35)32-13-5-6-14-32/h2-4,7-12,15-16H,5-6,13-14,17H2,1H3,(H,29,33)(H,28,30,35). The number of halogens is 1. The van der Waals surface area contributed by atoms with Gasteiger partial charge < -0.3 is 19.9 Å². The smallest absolute Gasteiger partial charge is 0.323 e. The van der Waals surface area contributed by atoms with Crippen LogP contribution in [0.5, 0.6) is 11.5 Å². The van der Waals surface area contributed by atoms with Gasteiger partial charge in [-0.2, -0.15) is 0 Å². The minimum atomic E-state index is -0.708. The van der Waals surface area contributed by atoms with Gasteiger partial charge in [-0.05, 0) is 43.2 Å². The molecule has 3 aromatic rings. The Morgan fingerprint density at radius 2 is 1.78 bits per heavy atom. The Kier molecular flexibility index (Phi) is 7.74. The van der Waals surface area contributed by atoms with Crippen LogP contribution in [0.15, 0.2) is 66.9 Å². The minimum Gasteiger partial charge on any atom is -0.454 e. The lowest BCUT2D eigenvalue weighted by atomic mass is 10.2. The van der Waals surface area contributed by atoms with Crippen LogP contribution in [-0.2, 0) is 9.59 Å². The molecular weight excluding hydrogens is 465 g/mol. The fraction of sp³-hybridized carbons (Fsp3) is 0.231. The molecule has 0 saturated carbocycles. The molecule has 9 nitrogen and oxygen atoms in total. The number of hydrogen-bond donors (Lipinski definition) is 2. The number of pyridine rings is 1. The molecule has 4 rings (SSSR count). The van der Waals surface area contributed by atoms with E-state index in [1.54, 1.807) is 36.2 Å². The Morgan fingerprint density at radius 3 is 2.50 bits per heavy atom. The highest BCUT2D eigenvalue weighted by molar-refractivity contribution is 6.08. The molecule has 1 aliphatic heterocycles. The summed E-state index contributed by atoms with van der Waals surface area (Å²) in [5.74, 6) is -1.17. The number of para-hydroxylation sites is 1. The molecule has 0 aliphatic carbocycles. The molecule has 1 fully saturated rings. The van der Waals surface area contributed by atoms with Gasteiger partial charge in [-0.1, -0.05) is 18.2 Å². The average molecular weight is 492 g/mol. The number of urea groups is 1. The molecule has 0 unspecified atom stereocenters.